The van der Waals surface area contributed by atoms with E-state index in [1.165, 1.54) is 4.90 Å². The van der Waals surface area contributed by atoms with Gasteiger partial charge in [-0.2, -0.15) is 13.2 Å². The van der Waals surface area contributed by atoms with Crippen molar-refractivity contribution in [3.63, 3.8) is 0 Å². The van der Waals surface area contributed by atoms with Gasteiger partial charge in [0.1, 0.15) is 0 Å². The van der Waals surface area contributed by atoms with Gasteiger partial charge in [0.05, 0.1) is 5.92 Å². The first-order valence-electron chi connectivity index (χ1n) is 5.87. The summed E-state index contributed by atoms with van der Waals surface area (Å²) in [6, 6.07) is 0. The molecule has 2 fully saturated rings. The second kappa shape index (κ2) is 4.07. The van der Waals surface area contributed by atoms with Gasteiger partial charge >= 0.3 is 12.3 Å². The van der Waals surface area contributed by atoms with Crippen molar-refractivity contribution in [3.05, 3.63) is 0 Å². The van der Waals surface area contributed by atoms with E-state index in [0.29, 0.717) is 32.4 Å². The molecule has 0 bridgehead atoms. The highest BCUT2D eigenvalue weighted by atomic mass is 19.4. The maximum Gasteiger partial charge on any atom is 0.407 e. The molecule has 98 valence electrons. The highest BCUT2D eigenvalue weighted by Gasteiger charge is 2.51. The molecule has 1 saturated carbocycles. The molecule has 2 rings (SSSR count). The van der Waals surface area contributed by atoms with Gasteiger partial charge in [-0.25, -0.2) is 4.79 Å². The van der Waals surface area contributed by atoms with Crippen LogP contribution in [-0.4, -0.2) is 35.4 Å². The average Bonchev–Trinajstić information content (AvgIpc) is 2.62. The van der Waals surface area contributed by atoms with Crippen LogP contribution in [0.2, 0.25) is 0 Å². The minimum atomic E-state index is -4.09. The molecule has 1 amide bonds. The number of alkyl halides is 3. The van der Waals surface area contributed by atoms with Crippen LogP contribution < -0.4 is 0 Å². The van der Waals surface area contributed by atoms with Crippen LogP contribution >= 0.6 is 0 Å². The van der Waals surface area contributed by atoms with E-state index in [0.717, 1.165) is 0 Å². The first-order valence-corrected chi connectivity index (χ1v) is 5.87. The number of piperidine rings is 1. The van der Waals surface area contributed by atoms with Gasteiger partial charge in [-0.3, -0.25) is 0 Å². The van der Waals surface area contributed by atoms with Crippen LogP contribution in [-0.2, 0) is 0 Å². The van der Waals surface area contributed by atoms with Crippen molar-refractivity contribution in [1.82, 2.24) is 4.90 Å². The summed E-state index contributed by atoms with van der Waals surface area (Å²) in [7, 11) is 0. The van der Waals surface area contributed by atoms with Crippen LogP contribution in [0, 0.1) is 11.3 Å². The number of halogens is 3. The molecule has 1 unspecified atom stereocenters. The van der Waals surface area contributed by atoms with E-state index in [9.17, 15) is 18.0 Å². The van der Waals surface area contributed by atoms with E-state index in [1.54, 1.807) is 0 Å². The van der Waals surface area contributed by atoms with Crippen molar-refractivity contribution < 1.29 is 23.1 Å². The third kappa shape index (κ3) is 2.50. The molecule has 1 N–H and O–H groups in total. The lowest BCUT2D eigenvalue weighted by Crippen LogP contribution is -2.42. The van der Waals surface area contributed by atoms with Gasteiger partial charge in [0.15, 0.2) is 0 Å². The lowest BCUT2D eigenvalue weighted by molar-refractivity contribution is -0.175. The number of hydrogen-bond donors (Lipinski definition) is 1. The molecule has 1 aliphatic heterocycles. The molecular formula is C11H16F3NO2. The summed E-state index contributed by atoms with van der Waals surface area (Å²) in [5.41, 5.74) is -0.258. The van der Waals surface area contributed by atoms with Crippen molar-refractivity contribution in [3.8, 4) is 0 Å². The third-order valence-electron chi connectivity index (χ3n) is 4.26. The van der Waals surface area contributed by atoms with E-state index in [1.807, 2.05) is 0 Å². The van der Waals surface area contributed by atoms with Crippen molar-refractivity contribution in [2.24, 2.45) is 11.3 Å². The maximum atomic E-state index is 12.6. The van der Waals surface area contributed by atoms with Gasteiger partial charge in [-0.15, -0.1) is 0 Å². The zero-order valence-electron chi connectivity index (χ0n) is 9.46. The SMILES string of the molecule is O=C(O)N1CCC2(CCC(C(F)(F)F)C2)CC1. The van der Waals surface area contributed by atoms with E-state index >= 15 is 0 Å². The predicted molar refractivity (Wildman–Crippen MR) is 54.7 cm³/mol. The summed E-state index contributed by atoms with van der Waals surface area (Å²) >= 11 is 0. The third-order valence-corrected chi connectivity index (χ3v) is 4.26. The van der Waals surface area contributed by atoms with Crippen LogP contribution in [0.25, 0.3) is 0 Å². The highest BCUT2D eigenvalue weighted by Crippen LogP contribution is 2.53. The zero-order valence-corrected chi connectivity index (χ0v) is 9.46. The van der Waals surface area contributed by atoms with Crippen molar-refractivity contribution in [1.29, 1.82) is 0 Å². The molecule has 0 aromatic carbocycles. The van der Waals surface area contributed by atoms with Gasteiger partial charge in [-0.05, 0) is 37.5 Å². The second-order valence-corrected chi connectivity index (χ2v) is 5.25. The molecule has 0 aromatic heterocycles. The topological polar surface area (TPSA) is 40.5 Å². The minimum absolute atomic E-state index is 0.184. The number of likely N-dealkylation sites (tertiary alicyclic amines) is 1. The number of carboxylic acid groups (broad SMARTS) is 1. The van der Waals surface area contributed by atoms with Gasteiger partial charge in [0, 0.05) is 13.1 Å². The molecule has 0 aromatic rings. The fraction of sp³-hybridized carbons (Fsp3) is 0.909. The fourth-order valence-electron chi connectivity index (χ4n) is 3.11. The number of nitrogens with zero attached hydrogens (tertiary/aromatic N) is 1. The second-order valence-electron chi connectivity index (χ2n) is 5.25. The Morgan fingerprint density at radius 1 is 1.24 bits per heavy atom. The van der Waals surface area contributed by atoms with Gasteiger partial charge < -0.3 is 10.0 Å². The summed E-state index contributed by atoms with van der Waals surface area (Å²) in [6.45, 7) is 0.750. The maximum absolute atomic E-state index is 12.6. The first-order chi connectivity index (χ1) is 7.82. The van der Waals surface area contributed by atoms with E-state index in [-0.39, 0.29) is 18.3 Å². The van der Waals surface area contributed by atoms with Crippen LogP contribution in [0.5, 0.6) is 0 Å². The first kappa shape index (κ1) is 12.5. The van der Waals surface area contributed by atoms with Crippen molar-refractivity contribution >= 4 is 6.09 Å². The Morgan fingerprint density at radius 2 is 1.82 bits per heavy atom. The summed E-state index contributed by atoms with van der Waals surface area (Å²) in [5.74, 6) is -1.18. The summed E-state index contributed by atoms with van der Waals surface area (Å²) in [6.07, 6.45) is -2.93. The predicted octanol–water partition coefficient (Wildman–Crippen LogP) is 3.11. The van der Waals surface area contributed by atoms with Crippen LogP contribution in [0.3, 0.4) is 0 Å². The Morgan fingerprint density at radius 3 is 2.24 bits per heavy atom. The number of amides is 1. The highest BCUT2D eigenvalue weighted by molar-refractivity contribution is 5.65. The fourth-order valence-corrected chi connectivity index (χ4v) is 3.11. The quantitative estimate of drug-likeness (QED) is 0.718. The molecule has 1 atom stereocenters. The molecule has 1 spiro atoms. The van der Waals surface area contributed by atoms with E-state index < -0.39 is 18.2 Å². The smallest absolute Gasteiger partial charge is 0.407 e. The number of rotatable bonds is 0. The lowest BCUT2D eigenvalue weighted by atomic mass is 9.76. The standard InChI is InChI=1S/C11H16F3NO2/c12-11(13,14)8-1-2-10(7-8)3-5-15(6-4-10)9(16)17/h8H,1-7H2,(H,16,17). The summed E-state index contributed by atoms with van der Waals surface area (Å²) in [5, 5.41) is 8.80. The molecule has 1 heterocycles. The van der Waals surface area contributed by atoms with Gasteiger partial charge in [-0.1, -0.05) is 0 Å². The van der Waals surface area contributed by atoms with Crippen LogP contribution in [0.1, 0.15) is 32.1 Å². The normalized spacial score (nSPS) is 28.6. The van der Waals surface area contributed by atoms with E-state index in [4.69, 9.17) is 5.11 Å². The molecule has 2 aliphatic rings. The molecular weight excluding hydrogens is 235 g/mol. The Hall–Kier alpha value is -0.940. The number of hydrogen-bond acceptors (Lipinski definition) is 1. The Kier molecular flexibility index (Phi) is 2.99. The number of carbonyl (C=O) groups is 1. The van der Waals surface area contributed by atoms with Gasteiger partial charge in [0.2, 0.25) is 0 Å². The van der Waals surface area contributed by atoms with Crippen molar-refractivity contribution in [2.75, 3.05) is 13.1 Å². The van der Waals surface area contributed by atoms with Gasteiger partial charge in [0.25, 0.3) is 0 Å². The Labute approximate surface area is 97.6 Å². The molecule has 6 heteroatoms. The Balaban J connectivity index is 1.94. The molecule has 1 aliphatic carbocycles. The molecule has 17 heavy (non-hydrogen) atoms. The molecule has 3 nitrogen and oxygen atoms in total. The largest absolute Gasteiger partial charge is 0.465 e. The zero-order chi connectivity index (χ0) is 12.7. The van der Waals surface area contributed by atoms with Crippen LogP contribution in [0.4, 0.5) is 18.0 Å². The molecule has 1 saturated heterocycles. The summed E-state index contributed by atoms with van der Waals surface area (Å²) in [4.78, 5) is 12.0. The summed E-state index contributed by atoms with van der Waals surface area (Å²) < 4.78 is 37.8. The van der Waals surface area contributed by atoms with Crippen molar-refractivity contribution in [2.45, 2.75) is 38.3 Å². The van der Waals surface area contributed by atoms with E-state index in [2.05, 4.69) is 0 Å². The Bertz CT molecular complexity index is 308. The average molecular weight is 251 g/mol. The van der Waals surface area contributed by atoms with Crippen LogP contribution in [0.15, 0.2) is 0 Å². The monoisotopic (exact) mass is 251 g/mol. The molecule has 0 radical (unpaired) electrons. The minimum Gasteiger partial charge on any atom is -0.465 e. The lowest BCUT2D eigenvalue weighted by Gasteiger charge is -2.38.